The van der Waals surface area contributed by atoms with Crippen molar-refractivity contribution in [1.82, 2.24) is 9.97 Å². The van der Waals surface area contributed by atoms with Gasteiger partial charge in [0.25, 0.3) is 0 Å². The van der Waals surface area contributed by atoms with E-state index in [9.17, 15) is 5.11 Å². The normalized spacial score (nSPS) is 21.8. The van der Waals surface area contributed by atoms with E-state index in [1.54, 1.807) is 12.4 Å². The molecular formula is C20H16N4OS. The maximum absolute atomic E-state index is 10.2. The van der Waals surface area contributed by atoms with Gasteiger partial charge >= 0.3 is 0 Å². The zero-order valence-corrected chi connectivity index (χ0v) is 14.6. The summed E-state index contributed by atoms with van der Waals surface area (Å²) in [5, 5.41) is 14.4. The van der Waals surface area contributed by atoms with Gasteiger partial charge in [0.05, 0.1) is 4.88 Å². The molecule has 1 saturated carbocycles. The predicted octanol–water partition coefficient (Wildman–Crippen LogP) is 4.47. The standard InChI is InChI=1S/C20H16N4OS/c25-19-17(9-13-11-22-18-14(13)7-4-8-21-18)26-20(24-19)23-16-10-15(16)12-5-2-1-3-6-12/h1-9,11,15-16,25H,10H2,(H,23,24)/b13-9+/t15-,16?/m1/s1. The van der Waals surface area contributed by atoms with Gasteiger partial charge in [0, 0.05) is 35.5 Å². The molecule has 2 N–H and O–H groups in total. The van der Waals surface area contributed by atoms with Crippen LogP contribution in [0.25, 0.3) is 11.6 Å². The fraction of sp³-hybridized carbons (Fsp3) is 0.150. The molecule has 1 unspecified atom stereocenters. The summed E-state index contributed by atoms with van der Waals surface area (Å²) in [6.45, 7) is 0. The van der Waals surface area contributed by atoms with Gasteiger partial charge in [-0.15, -0.1) is 0 Å². The summed E-state index contributed by atoms with van der Waals surface area (Å²) in [4.78, 5) is 13.5. The number of aromatic nitrogens is 2. The van der Waals surface area contributed by atoms with Gasteiger partial charge < -0.3 is 10.4 Å². The highest BCUT2D eigenvalue weighted by molar-refractivity contribution is 7.16. The summed E-state index contributed by atoms with van der Waals surface area (Å²) >= 11 is 1.46. The Kier molecular flexibility index (Phi) is 3.57. The number of hydrogen-bond donors (Lipinski definition) is 2. The molecule has 1 fully saturated rings. The molecular weight excluding hydrogens is 344 g/mol. The lowest BCUT2D eigenvalue weighted by atomic mass is 10.1. The molecule has 128 valence electrons. The quantitative estimate of drug-likeness (QED) is 0.720. The number of rotatable bonds is 4. The minimum absolute atomic E-state index is 0.0488. The molecule has 1 aliphatic heterocycles. The van der Waals surface area contributed by atoms with Crippen molar-refractivity contribution in [2.24, 2.45) is 4.99 Å². The zero-order valence-electron chi connectivity index (χ0n) is 13.8. The van der Waals surface area contributed by atoms with Crippen molar-refractivity contribution in [1.29, 1.82) is 0 Å². The van der Waals surface area contributed by atoms with Crippen LogP contribution in [-0.2, 0) is 0 Å². The van der Waals surface area contributed by atoms with Crippen molar-refractivity contribution in [2.75, 3.05) is 5.32 Å². The van der Waals surface area contributed by atoms with Crippen LogP contribution in [0.15, 0.2) is 53.7 Å². The number of aliphatic imine (C=N–C) groups is 1. The highest BCUT2D eigenvalue weighted by Crippen LogP contribution is 2.44. The molecule has 5 nitrogen and oxygen atoms in total. The fourth-order valence-electron chi connectivity index (χ4n) is 3.24. The van der Waals surface area contributed by atoms with Crippen LogP contribution in [0.5, 0.6) is 5.88 Å². The second-order valence-corrected chi connectivity index (χ2v) is 7.47. The van der Waals surface area contributed by atoms with Crippen molar-refractivity contribution >= 4 is 40.1 Å². The molecule has 1 aromatic carbocycles. The first-order valence-electron chi connectivity index (χ1n) is 8.50. The molecule has 26 heavy (non-hydrogen) atoms. The van der Waals surface area contributed by atoms with Gasteiger partial charge in [-0.2, -0.15) is 4.98 Å². The minimum atomic E-state index is 0.0488. The molecule has 3 heterocycles. The van der Waals surface area contributed by atoms with E-state index >= 15 is 0 Å². The lowest BCUT2D eigenvalue weighted by molar-refractivity contribution is 0.456. The third-order valence-corrected chi connectivity index (χ3v) is 5.59. The van der Waals surface area contributed by atoms with Crippen molar-refractivity contribution in [3.05, 3.63) is 64.7 Å². The van der Waals surface area contributed by atoms with Crippen LogP contribution in [0.2, 0.25) is 0 Å². The van der Waals surface area contributed by atoms with Crippen molar-refractivity contribution in [3.8, 4) is 5.88 Å². The number of allylic oxidation sites excluding steroid dienone is 1. The number of pyridine rings is 1. The number of benzene rings is 1. The lowest BCUT2D eigenvalue weighted by Gasteiger charge is -2.01. The summed E-state index contributed by atoms with van der Waals surface area (Å²) < 4.78 is 0. The number of thiazole rings is 1. The van der Waals surface area contributed by atoms with Gasteiger partial charge in [-0.1, -0.05) is 41.7 Å². The molecule has 0 bridgehead atoms. The molecule has 3 aromatic rings. The fourth-order valence-corrected chi connectivity index (χ4v) is 4.12. The number of fused-ring (bicyclic) bond motifs is 1. The number of hydrogen-bond acceptors (Lipinski definition) is 6. The van der Waals surface area contributed by atoms with Gasteiger partial charge in [-0.3, -0.25) is 0 Å². The van der Waals surface area contributed by atoms with Gasteiger partial charge in [-0.25, -0.2) is 9.98 Å². The van der Waals surface area contributed by atoms with Gasteiger partial charge in [0.15, 0.2) is 10.9 Å². The topological polar surface area (TPSA) is 70.4 Å². The second kappa shape index (κ2) is 6.07. The Morgan fingerprint density at radius 2 is 2.04 bits per heavy atom. The van der Waals surface area contributed by atoms with E-state index in [-0.39, 0.29) is 5.88 Å². The summed E-state index contributed by atoms with van der Waals surface area (Å²) in [5.41, 5.74) is 3.26. The molecule has 0 radical (unpaired) electrons. The van der Waals surface area contributed by atoms with Crippen LogP contribution in [0.4, 0.5) is 10.9 Å². The summed E-state index contributed by atoms with van der Waals surface area (Å²) in [5.74, 6) is 1.28. The zero-order chi connectivity index (χ0) is 17.5. The molecule has 5 rings (SSSR count). The molecule has 1 aliphatic carbocycles. The van der Waals surface area contributed by atoms with E-state index in [2.05, 4.69) is 44.5 Å². The van der Waals surface area contributed by atoms with E-state index in [1.807, 2.05) is 24.3 Å². The SMILES string of the molecule is Oc1nc(NC2C[C@@H]2c2ccccc2)sc1/C=C1\C=Nc2ncccc21. The first kappa shape index (κ1) is 15.3. The van der Waals surface area contributed by atoms with Crippen molar-refractivity contribution in [2.45, 2.75) is 18.4 Å². The largest absolute Gasteiger partial charge is 0.492 e. The minimum Gasteiger partial charge on any atom is -0.492 e. The van der Waals surface area contributed by atoms with E-state index in [1.165, 1.54) is 16.9 Å². The van der Waals surface area contributed by atoms with Gasteiger partial charge in [0.2, 0.25) is 5.88 Å². The van der Waals surface area contributed by atoms with Crippen LogP contribution in [0.3, 0.4) is 0 Å². The number of nitrogens with one attached hydrogen (secondary N) is 1. The molecule has 0 amide bonds. The summed E-state index contributed by atoms with van der Waals surface area (Å²) in [6, 6.07) is 14.7. The average molecular weight is 360 g/mol. The Balaban J connectivity index is 1.34. The third kappa shape index (κ3) is 2.78. The van der Waals surface area contributed by atoms with Crippen LogP contribution >= 0.6 is 11.3 Å². The molecule has 2 aromatic heterocycles. The van der Waals surface area contributed by atoms with Crippen LogP contribution in [-0.4, -0.2) is 27.3 Å². The van der Waals surface area contributed by atoms with E-state index in [0.717, 1.165) is 27.6 Å². The first-order valence-corrected chi connectivity index (χ1v) is 9.32. The summed E-state index contributed by atoms with van der Waals surface area (Å²) in [6.07, 6.45) is 6.50. The predicted molar refractivity (Wildman–Crippen MR) is 105 cm³/mol. The monoisotopic (exact) mass is 360 g/mol. The summed E-state index contributed by atoms with van der Waals surface area (Å²) in [7, 11) is 0. The Hall–Kier alpha value is -2.99. The van der Waals surface area contributed by atoms with Crippen LogP contribution in [0, 0.1) is 0 Å². The van der Waals surface area contributed by atoms with E-state index in [4.69, 9.17) is 0 Å². The maximum Gasteiger partial charge on any atom is 0.231 e. The Morgan fingerprint density at radius 3 is 2.92 bits per heavy atom. The maximum atomic E-state index is 10.2. The third-order valence-electron chi connectivity index (χ3n) is 4.67. The number of aromatic hydroxyl groups is 1. The van der Waals surface area contributed by atoms with Crippen LogP contribution < -0.4 is 5.32 Å². The van der Waals surface area contributed by atoms with Gasteiger partial charge in [0.1, 0.15) is 0 Å². The molecule has 2 atom stereocenters. The highest BCUT2D eigenvalue weighted by Gasteiger charge is 2.38. The second-order valence-electron chi connectivity index (χ2n) is 6.44. The van der Waals surface area contributed by atoms with Crippen molar-refractivity contribution in [3.63, 3.8) is 0 Å². The van der Waals surface area contributed by atoms with Crippen molar-refractivity contribution < 1.29 is 5.11 Å². The van der Waals surface area contributed by atoms with Crippen LogP contribution in [0.1, 0.15) is 28.3 Å². The Bertz CT molecular complexity index is 1030. The molecule has 2 aliphatic rings. The van der Waals surface area contributed by atoms with E-state index < -0.39 is 0 Å². The van der Waals surface area contributed by atoms with Gasteiger partial charge in [-0.05, 0) is 30.2 Å². The molecule has 0 saturated heterocycles. The lowest BCUT2D eigenvalue weighted by Crippen LogP contribution is -2.03. The highest BCUT2D eigenvalue weighted by atomic mass is 32.1. The number of anilines is 1. The van der Waals surface area contributed by atoms with E-state index in [0.29, 0.717) is 17.8 Å². The Labute approximate surface area is 154 Å². The average Bonchev–Trinajstić information content (AvgIpc) is 3.18. The smallest absolute Gasteiger partial charge is 0.231 e. The number of nitrogens with zero attached hydrogens (tertiary/aromatic N) is 3. The molecule has 0 spiro atoms. The molecule has 6 heteroatoms. The first-order chi connectivity index (χ1) is 12.8. The Morgan fingerprint density at radius 1 is 1.15 bits per heavy atom.